The predicted molar refractivity (Wildman–Crippen MR) is 60.5 cm³/mol. The van der Waals surface area contributed by atoms with Gasteiger partial charge in [0.25, 0.3) is 0 Å². The molecule has 0 aromatic rings. The van der Waals surface area contributed by atoms with E-state index in [1.807, 2.05) is 0 Å². The Kier molecular flexibility index (Phi) is 3.29. The van der Waals surface area contributed by atoms with Gasteiger partial charge in [0.2, 0.25) is 5.91 Å². The molecule has 1 saturated carbocycles. The Morgan fingerprint density at radius 3 is 2.73 bits per heavy atom. The van der Waals surface area contributed by atoms with Crippen molar-refractivity contribution in [3.05, 3.63) is 0 Å². The van der Waals surface area contributed by atoms with Crippen LogP contribution in [0.2, 0.25) is 0 Å². The van der Waals surface area contributed by atoms with E-state index in [9.17, 15) is 4.79 Å². The van der Waals surface area contributed by atoms with Crippen molar-refractivity contribution in [2.45, 2.75) is 39.2 Å². The number of rotatable bonds is 3. The van der Waals surface area contributed by atoms with Crippen molar-refractivity contribution in [2.75, 3.05) is 13.1 Å². The van der Waals surface area contributed by atoms with Gasteiger partial charge in [-0.15, -0.1) is 0 Å². The number of hydrogen-bond donors (Lipinski definition) is 2. The second-order valence-corrected chi connectivity index (χ2v) is 5.29. The Morgan fingerprint density at radius 2 is 2.13 bits per heavy atom. The van der Waals surface area contributed by atoms with E-state index in [0.29, 0.717) is 6.04 Å². The minimum absolute atomic E-state index is 0.246. The van der Waals surface area contributed by atoms with Crippen molar-refractivity contribution in [3.63, 3.8) is 0 Å². The molecule has 0 spiro atoms. The molecular weight excluding hydrogens is 188 g/mol. The highest BCUT2D eigenvalue weighted by Gasteiger charge is 2.33. The molecule has 1 saturated heterocycles. The van der Waals surface area contributed by atoms with Crippen molar-refractivity contribution >= 4 is 5.91 Å². The molecule has 4 unspecified atom stereocenters. The van der Waals surface area contributed by atoms with Gasteiger partial charge in [-0.25, -0.2) is 0 Å². The highest BCUT2D eigenvalue weighted by Crippen LogP contribution is 2.36. The largest absolute Gasteiger partial charge is 0.356 e. The number of nitrogens with one attached hydrogen (secondary N) is 2. The molecule has 0 bridgehead atoms. The van der Waals surface area contributed by atoms with Gasteiger partial charge in [-0.1, -0.05) is 6.92 Å². The van der Waals surface area contributed by atoms with E-state index in [1.54, 1.807) is 0 Å². The zero-order valence-electron chi connectivity index (χ0n) is 9.75. The summed E-state index contributed by atoms with van der Waals surface area (Å²) >= 11 is 0. The molecule has 1 aliphatic heterocycles. The maximum atomic E-state index is 11.8. The van der Waals surface area contributed by atoms with E-state index in [4.69, 9.17) is 0 Å². The number of hydrogen-bond acceptors (Lipinski definition) is 2. The minimum atomic E-state index is 0.246. The standard InChI is InChI=1S/C12H22N2O/c1-8-5-11(8)7-14-12(15)10-3-4-13-9(2)6-10/h8-11,13H,3-7H2,1-2H3,(H,14,15). The predicted octanol–water partition coefficient (Wildman–Crippen LogP) is 1.15. The van der Waals surface area contributed by atoms with E-state index in [2.05, 4.69) is 24.5 Å². The quantitative estimate of drug-likeness (QED) is 0.733. The van der Waals surface area contributed by atoms with Crippen LogP contribution >= 0.6 is 0 Å². The monoisotopic (exact) mass is 210 g/mol. The summed E-state index contributed by atoms with van der Waals surface area (Å²) in [7, 11) is 0. The molecule has 2 N–H and O–H groups in total. The van der Waals surface area contributed by atoms with Crippen LogP contribution in [0.25, 0.3) is 0 Å². The highest BCUT2D eigenvalue weighted by atomic mass is 16.1. The first-order valence-corrected chi connectivity index (χ1v) is 6.18. The van der Waals surface area contributed by atoms with Gasteiger partial charge in [-0.05, 0) is 44.6 Å². The molecule has 1 amide bonds. The number of amides is 1. The maximum absolute atomic E-state index is 11.8. The third-order valence-corrected chi connectivity index (χ3v) is 3.81. The van der Waals surface area contributed by atoms with Gasteiger partial charge in [0.1, 0.15) is 0 Å². The van der Waals surface area contributed by atoms with Crippen LogP contribution in [0.15, 0.2) is 0 Å². The molecule has 1 aliphatic carbocycles. The topological polar surface area (TPSA) is 41.1 Å². The Morgan fingerprint density at radius 1 is 1.40 bits per heavy atom. The van der Waals surface area contributed by atoms with Gasteiger partial charge >= 0.3 is 0 Å². The number of carbonyl (C=O) groups is 1. The molecule has 15 heavy (non-hydrogen) atoms. The third kappa shape index (κ3) is 2.94. The molecular formula is C12H22N2O. The van der Waals surface area contributed by atoms with E-state index < -0.39 is 0 Å². The second kappa shape index (κ2) is 4.52. The first-order chi connectivity index (χ1) is 7.16. The first-order valence-electron chi connectivity index (χ1n) is 6.18. The average Bonchev–Trinajstić information content (AvgIpc) is 2.91. The summed E-state index contributed by atoms with van der Waals surface area (Å²) in [5.41, 5.74) is 0. The Labute approximate surface area is 92.0 Å². The van der Waals surface area contributed by atoms with E-state index in [1.165, 1.54) is 6.42 Å². The van der Waals surface area contributed by atoms with Crippen LogP contribution in [0.4, 0.5) is 0 Å². The summed E-state index contributed by atoms with van der Waals surface area (Å²) in [6.45, 7) is 6.29. The molecule has 2 fully saturated rings. The van der Waals surface area contributed by atoms with Gasteiger partial charge < -0.3 is 10.6 Å². The fraction of sp³-hybridized carbons (Fsp3) is 0.917. The van der Waals surface area contributed by atoms with Crippen LogP contribution in [-0.4, -0.2) is 25.0 Å². The minimum Gasteiger partial charge on any atom is -0.356 e. The van der Waals surface area contributed by atoms with Crippen molar-refractivity contribution in [1.82, 2.24) is 10.6 Å². The molecule has 2 aliphatic rings. The van der Waals surface area contributed by atoms with Gasteiger partial charge in [0, 0.05) is 18.5 Å². The first kappa shape index (κ1) is 10.9. The van der Waals surface area contributed by atoms with Gasteiger partial charge in [0.15, 0.2) is 0 Å². The van der Waals surface area contributed by atoms with Gasteiger partial charge in [0.05, 0.1) is 0 Å². The molecule has 0 aromatic carbocycles. The van der Waals surface area contributed by atoms with Gasteiger partial charge in [-0.3, -0.25) is 4.79 Å². The Hall–Kier alpha value is -0.570. The molecule has 0 aromatic heterocycles. The fourth-order valence-electron chi connectivity index (χ4n) is 2.43. The number of carbonyl (C=O) groups excluding carboxylic acids is 1. The third-order valence-electron chi connectivity index (χ3n) is 3.81. The lowest BCUT2D eigenvalue weighted by atomic mass is 9.92. The van der Waals surface area contributed by atoms with Crippen LogP contribution in [0.1, 0.15) is 33.1 Å². The van der Waals surface area contributed by atoms with Crippen molar-refractivity contribution in [3.8, 4) is 0 Å². The smallest absolute Gasteiger partial charge is 0.223 e. The molecule has 2 rings (SSSR count). The second-order valence-electron chi connectivity index (χ2n) is 5.29. The molecule has 4 atom stereocenters. The molecule has 86 valence electrons. The Balaban J connectivity index is 1.70. The lowest BCUT2D eigenvalue weighted by Crippen LogP contribution is -2.42. The lowest BCUT2D eigenvalue weighted by Gasteiger charge is -2.27. The van der Waals surface area contributed by atoms with Crippen LogP contribution in [0, 0.1) is 17.8 Å². The normalized spacial score (nSPS) is 39.9. The van der Waals surface area contributed by atoms with Crippen molar-refractivity contribution in [1.29, 1.82) is 0 Å². The lowest BCUT2D eigenvalue weighted by molar-refractivity contribution is -0.126. The summed E-state index contributed by atoms with van der Waals surface area (Å²) < 4.78 is 0. The van der Waals surface area contributed by atoms with Gasteiger partial charge in [-0.2, -0.15) is 0 Å². The van der Waals surface area contributed by atoms with Crippen molar-refractivity contribution in [2.24, 2.45) is 17.8 Å². The summed E-state index contributed by atoms with van der Waals surface area (Å²) in [5, 5.41) is 6.47. The maximum Gasteiger partial charge on any atom is 0.223 e. The highest BCUT2D eigenvalue weighted by molar-refractivity contribution is 5.78. The SMILES string of the molecule is CC1CC(C(=O)NCC2CC2C)CCN1. The molecule has 3 heteroatoms. The molecule has 3 nitrogen and oxygen atoms in total. The van der Waals surface area contributed by atoms with E-state index >= 15 is 0 Å². The summed E-state index contributed by atoms with van der Waals surface area (Å²) in [6, 6.07) is 0.495. The van der Waals surface area contributed by atoms with Crippen LogP contribution in [0.3, 0.4) is 0 Å². The summed E-state index contributed by atoms with van der Waals surface area (Å²) in [5.74, 6) is 2.11. The van der Waals surface area contributed by atoms with E-state index in [0.717, 1.165) is 37.8 Å². The number of piperidine rings is 1. The van der Waals surface area contributed by atoms with E-state index in [-0.39, 0.29) is 11.8 Å². The molecule has 0 radical (unpaired) electrons. The zero-order valence-corrected chi connectivity index (χ0v) is 9.75. The summed E-state index contributed by atoms with van der Waals surface area (Å²) in [6.07, 6.45) is 3.28. The summed E-state index contributed by atoms with van der Waals surface area (Å²) in [4.78, 5) is 11.8. The average molecular weight is 210 g/mol. The Bertz CT molecular complexity index is 242. The van der Waals surface area contributed by atoms with Crippen LogP contribution in [-0.2, 0) is 4.79 Å². The fourth-order valence-corrected chi connectivity index (χ4v) is 2.43. The molecule has 1 heterocycles. The van der Waals surface area contributed by atoms with Crippen LogP contribution in [0.5, 0.6) is 0 Å². The van der Waals surface area contributed by atoms with Crippen LogP contribution < -0.4 is 10.6 Å². The zero-order chi connectivity index (χ0) is 10.8. The van der Waals surface area contributed by atoms with Crippen molar-refractivity contribution < 1.29 is 4.79 Å².